The molecule has 0 saturated heterocycles. The average molecular weight is 373 g/mol. The number of esters is 1. The predicted octanol–water partition coefficient (Wildman–Crippen LogP) is 6.71. The second-order valence-electron chi connectivity index (χ2n) is 11.4. The lowest BCUT2D eigenvalue weighted by atomic mass is 9.47. The highest BCUT2D eigenvalue weighted by Crippen LogP contribution is 2.62. The highest BCUT2D eigenvalue weighted by Gasteiger charge is 2.57. The van der Waals surface area contributed by atoms with E-state index in [9.17, 15) is 4.79 Å². The monoisotopic (exact) mass is 372 g/mol. The molecule has 3 aliphatic rings. The number of rotatable bonds is 3. The maximum atomic E-state index is 13.2. The van der Waals surface area contributed by atoms with Crippen LogP contribution in [-0.4, -0.2) is 12.6 Å². The van der Waals surface area contributed by atoms with Crippen LogP contribution in [0.5, 0.6) is 0 Å². The number of carbonyl (C=O) groups is 1. The first kappa shape index (κ1) is 20.7. The van der Waals surface area contributed by atoms with Crippen molar-refractivity contribution in [3.63, 3.8) is 0 Å². The molecule has 0 spiro atoms. The fourth-order valence-electron chi connectivity index (χ4n) is 6.04. The van der Waals surface area contributed by atoms with Crippen molar-refractivity contribution in [1.29, 1.82) is 0 Å². The highest BCUT2D eigenvalue weighted by molar-refractivity contribution is 5.77. The number of hydrogen-bond acceptors (Lipinski definition) is 2. The summed E-state index contributed by atoms with van der Waals surface area (Å²) >= 11 is 0. The van der Waals surface area contributed by atoms with Crippen molar-refractivity contribution in [2.75, 3.05) is 6.61 Å². The van der Waals surface area contributed by atoms with Gasteiger partial charge in [-0.3, -0.25) is 4.79 Å². The third kappa shape index (κ3) is 3.78. The van der Waals surface area contributed by atoms with E-state index in [0.29, 0.717) is 24.4 Å². The van der Waals surface area contributed by atoms with Crippen LogP contribution in [0.1, 0.15) is 87.0 Å². The van der Waals surface area contributed by atoms with Gasteiger partial charge in [0.05, 0.1) is 12.0 Å². The molecule has 0 N–H and O–H groups in total. The van der Waals surface area contributed by atoms with Gasteiger partial charge in [0.15, 0.2) is 0 Å². The maximum absolute atomic E-state index is 13.2. The molecule has 152 valence electrons. The molecule has 0 amide bonds. The number of hydrogen-bond donors (Lipinski definition) is 0. The Kier molecular flexibility index (Phi) is 5.42. The fourth-order valence-corrected chi connectivity index (χ4v) is 6.04. The van der Waals surface area contributed by atoms with Gasteiger partial charge in [-0.05, 0) is 73.2 Å². The van der Waals surface area contributed by atoms with Gasteiger partial charge in [-0.1, -0.05) is 65.7 Å². The quantitative estimate of drug-likeness (QED) is 0.515. The van der Waals surface area contributed by atoms with Crippen molar-refractivity contribution in [1.82, 2.24) is 0 Å². The molecule has 0 aromatic rings. The Labute approximate surface area is 166 Å². The Bertz CT molecular complexity index is 648. The van der Waals surface area contributed by atoms with E-state index < -0.39 is 0 Å². The summed E-state index contributed by atoms with van der Waals surface area (Å²) in [5.74, 6) is 1.68. The largest absolute Gasteiger partial charge is 0.465 e. The van der Waals surface area contributed by atoms with Crippen LogP contribution in [0.25, 0.3) is 0 Å². The molecule has 1 fully saturated rings. The van der Waals surface area contributed by atoms with Crippen LogP contribution in [0.3, 0.4) is 0 Å². The summed E-state index contributed by atoms with van der Waals surface area (Å²) in [6, 6.07) is 0. The summed E-state index contributed by atoms with van der Waals surface area (Å²) in [6.45, 7) is 16.2. The van der Waals surface area contributed by atoms with E-state index >= 15 is 0 Å². The molecular weight excluding hydrogens is 332 g/mol. The van der Waals surface area contributed by atoms with Crippen LogP contribution >= 0.6 is 0 Å². The van der Waals surface area contributed by atoms with E-state index in [-0.39, 0.29) is 22.2 Å². The first-order valence-corrected chi connectivity index (χ1v) is 11.0. The molecule has 3 rings (SSSR count). The molecule has 1 unspecified atom stereocenters. The van der Waals surface area contributed by atoms with Crippen LogP contribution in [0, 0.1) is 34.0 Å². The Morgan fingerprint density at radius 2 is 1.96 bits per heavy atom. The minimum absolute atomic E-state index is 0.0189. The fraction of sp³-hybridized carbons (Fsp3) is 0.800. The van der Waals surface area contributed by atoms with Crippen molar-refractivity contribution in [2.45, 2.75) is 87.0 Å². The van der Waals surface area contributed by atoms with Gasteiger partial charge in [0, 0.05) is 0 Å². The second kappa shape index (κ2) is 7.08. The number of ether oxygens (including phenoxy) is 1. The normalized spacial score (nSPS) is 36.4. The number of fused-ring (bicyclic) bond motifs is 3. The Morgan fingerprint density at radius 1 is 1.26 bits per heavy atom. The smallest absolute Gasteiger partial charge is 0.312 e. The molecule has 2 heteroatoms. The zero-order chi connectivity index (χ0) is 20.0. The Balaban J connectivity index is 1.88. The van der Waals surface area contributed by atoms with Gasteiger partial charge in [0.1, 0.15) is 0 Å². The first-order chi connectivity index (χ1) is 12.5. The maximum Gasteiger partial charge on any atom is 0.312 e. The van der Waals surface area contributed by atoms with Crippen LogP contribution < -0.4 is 0 Å². The summed E-state index contributed by atoms with van der Waals surface area (Å²) in [7, 11) is 0. The lowest BCUT2D eigenvalue weighted by Crippen LogP contribution is -2.53. The van der Waals surface area contributed by atoms with Crippen LogP contribution in [0.2, 0.25) is 0 Å². The zero-order valence-corrected chi connectivity index (χ0v) is 18.7. The van der Waals surface area contributed by atoms with E-state index in [2.05, 4.69) is 60.6 Å². The summed E-state index contributed by atoms with van der Waals surface area (Å²) in [5, 5.41) is 0. The van der Waals surface area contributed by atoms with Crippen molar-refractivity contribution in [3.8, 4) is 0 Å². The molecule has 0 radical (unpaired) electrons. The lowest BCUT2D eigenvalue weighted by molar-refractivity contribution is -0.172. The Morgan fingerprint density at radius 3 is 2.59 bits per heavy atom. The van der Waals surface area contributed by atoms with Gasteiger partial charge in [-0.25, -0.2) is 0 Å². The van der Waals surface area contributed by atoms with E-state index in [4.69, 9.17) is 4.74 Å². The molecule has 27 heavy (non-hydrogen) atoms. The minimum atomic E-state index is -0.345. The van der Waals surface area contributed by atoms with Crippen molar-refractivity contribution < 1.29 is 9.53 Å². The summed E-state index contributed by atoms with van der Waals surface area (Å²) in [6.07, 6.45) is 11.8. The van der Waals surface area contributed by atoms with E-state index in [1.54, 1.807) is 11.1 Å². The number of allylic oxidation sites excluding steroid dienone is 4. The molecule has 4 atom stereocenters. The molecule has 0 heterocycles. The number of carbonyl (C=O) groups excluding carboxylic acids is 1. The van der Waals surface area contributed by atoms with Gasteiger partial charge < -0.3 is 4.74 Å². The molecular formula is C25H40O2. The van der Waals surface area contributed by atoms with Crippen molar-refractivity contribution >= 4 is 5.97 Å². The van der Waals surface area contributed by atoms with Gasteiger partial charge in [0.25, 0.3) is 0 Å². The van der Waals surface area contributed by atoms with E-state index in [0.717, 1.165) is 19.3 Å². The van der Waals surface area contributed by atoms with Gasteiger partial charge in [-0.2, -0.15) is 0 Å². The van der Waals surface area contributed by atoms with Crippen molar-refractivity contribution in [3.05, 3.63) is 23.3 Å². The molecule has 0 bridgehead atoms. The standard InChI is InChI=1S/C25H40O2/c1-17(2)18-9-11-20-19(15-18)10-12-21-24(20,6)13-8-14-25(21,7)22(26)27-16-23(3,4)5/h10,15,17,20-21H,8-9,11-14,16H2,1-7H3/t20-,21?,24-,25+/m1/s1. The second-order valence-corrected chi connectivity index (χ2v) is 11.4. The molecule has 1 saturated carbocycles. The highest BCUT2D eigenvalue weighted by atomic mass is 16.5. The van der Waals surface area contributed by atoms with Crippen LogP contribution in [0.15, 0.2) is 23.3 Å². The van der Waals surface area contributed by atoms with Crippen molar-refractivity contribution in [2.24, 2.45) is 34.0 Å². The summed E-state index contributed by atoms with van der Waals surface area (Å²) < 4.78 is 5.86. The van der Waals surface area contributed by atoms with Gasteiger partial charge in [-0.15, -0.1) is 0 Å². The molecule has 2 nitrogen and oxygen atoms in total. The summed E-state index contributed by atoms with van der Waals surface area (Å²) in [5.41, 5.74) is 3.04. The molecule has 3 aliphatic carbocycles. The van der Waals surface area contributed by atoms with E-state index in [1.807, 2.05) is 0 Å². The molecule has 0 aliphatic heterocycles. The SMILES string of the molecule is CC(C)C1=CC2=CCC3[C@](C)(CCC[C@]3(C)C(=O)OCC(C)(C)C)[C@@H]2CC1. The third-order valence-corrected chi connectivity index (χ3v) is 7.68. The van der Waals surface area contributed by atoms with Gasteiger partial charge in [0.2, 0.25) is 0 Å². The minimum Gasteiger partial charge on any atom is -0.465 e. The van der Waals surface area contributed by atoms with Gasteiger partial charge >= 0.3 is 5.97 Å². The zero-order valence-electron chi connectivity index (χ0n) is 18.7. The van der Waals surface area contributed by atoms with E-state index in [1.165, 1.54) is 19.3 Å². The molecule has 0 aromatic heterocycles. The lowest BCUT2D eigenvalue weighted by Gasteiger charge is -2.57. The first-order valence-electron chi connectivity index (χ1n) is 11.0. The van der Waals surface area contributed by atoms with Crippen LogP contribution in [-0.2, 0) is 9.53 Å². The average Bonchev–Trinajstić information content (AvgIpc) is 2.58. The third-order valence-electron chi connectivity index (χ3n) is 7.68. The predicted molar refractivity (Wildman–Crippen MR) is 112 cm³/mol. The molecule has 0 aromatic carbocycles. The van der Waals surface area contributed by atoms with Crippen LogP contribution in [0.4, 0.5) is 0 Å². The Hall–Kier alpha value is -1.05. The summed E-state index contributed by atoms with van der Waals surface area (Å²) in [4.78, 5) is 13.2. The topological polar surface area (TPSA) is 26.3 Å².